The highest BCUT2D eigenvalue weighted by atomic mass is 16.5. The molecule has 4 rings (SSSR count). The first-order chi connectivity index (χ1) is 14.7. The molecule has 30 heavy (non-hydrogen) atoms. The van der Waals surface area contributed by atoms with Crippen LogP contribution in [0.4, 0.5) is 0 Å². The first-order valence-electron chi connectivity index (χ1n) is 12.0. The first-order valence-corrected chi connectivity index (χ1v) is 12.0. The van der Waals surface area contributed by atoms with Crippen LogP contribution in [0.3, 0.4) is 0 Å². The molecule has 1 heterocycles. The van der Waals surface area contributed by atoms with Crippen LogP contribution < -0.4 is 9.47 Å². The number of hydrogen-bond acceptors (Lipinski definition) is 4. The first kappa shape index (κ1) is 21.2. The minimum atomic E-state index is 0.0802. The zero-order chi connectivity index (χ0) is 20.9. The van der Waals surface area contributed by atoms with Crippen molar-refractivity contribution in [1.29, 1.82) is 0 Å². The minimum Gasteiger partial charge on any atom is -0.490 e. The van der Waals surface area contributed by atoms with E-state index in [1.165, 1.54) is 32.1 Å². The second kappa shape index (κ2) is 9.84. The van der Waals surface area contributed by atoms with Gasteiger partial charge >= 0.3 is 0 Å². The topological polar surface area (TPSA) is 51.1 Å². The number of hydrogen-bond donors (Lipinski definition) is 0. The van der Waals surface area contributed by atoms with E-state index in [0.29, 0.717) is 13.2 Å². The number of amides is 1. The van der Waals surface area contributed by atoms with Gasteiger partial charge in [-0.05, 0) is 57.7 Å². The van der Waals surface area contributed by atoms with E-state index in [1.54, 1.807) is 0 Å². The number of carbonyl (C=O) groups is 1. The Morgan fingerprint density at radius 2 is 1.50 bits per heavy atom. The Morgan fingerprint density at radius 1 is 0.867 bits per heavy atom. The summed E-state index contributed by atoms with van der Waals surface area (Å²) in [6, 6.07) is 6.42. The predicted molar refractivity (Wildman–Crippen MR) is 119 cm³/mol. The Bertz CT molecular complexity index is 768. The molecule has 0 aromatic heterocycles. The van der Waals surface area contributed by atoms with Gasteiger partial charge in [-0.1, -0.05) is 38.5 Å². The number of nitrogens with zero attached hydrogens (tertiary/aromatic N) is 2. The van der Waals surface area contributed by atoms with Crippen LogP contribution in [-0.4, -0.2) is 35.9 Å². The number of hydrazone groups is 1. The fraction of sp³-hybridized carbons (Fsp3) is 0.680. The molecule has 2 fully saturated rings. The molecule has 5 nitrogen and oxygen atoms in total. The number of carbonyl (C=O) groups excluding carboxylic acids is 1. The van der Waals surface area contributed by atoms with E-state index >= 15 is 0 Å². The van der Waals surface area contributed by atoms with Gasteiger partial charge in [-0.15, -0.1) is 0 Å². The molecule has 0 unspecified atom stereocenters. The maximum absolute atomic E-state index is 13.4. The molecule has 0 bridgehead atoms. The summed E-state index contributed by atoms with van der Waals surface area (Å²) in [4.78, 5) is 13.4. The molecule has 164 valence electrons. The van der Waals surface area contributed by atoms with E-state index in [-0.39, 0.29) is 23.8 Å². The highest BCUT2D eigenvalue weighted by Crippen LogP contribution is 2.40. The molecule has 1 aromatic rings. The number of fused-ring (bicyclic) bond motifs is 1. The lowest BCUT2D eigenvalue weighted by Gasteiger charge is -2.41. The van der Waals surface area contributed by atoms with Crippen molar-refractivity contribution >= 4 is 11.6 Å². The molecule has 1 aromatic carbocycles. The predicted octanol–water partition coefficient (Wildman–Crippen LogP) is 5.56. The van der Waals surface area contributed by atoms with E-state index in [2.05, 4.69) is 12.1 Å². The van der Waals surface area contributed by atoms with Crippen LogP contribution >= 0.6 is 0 Å². The molecule has 5 heteroatoms. The minimum absolute atomic E-state index is 0.0802. The van der Waals surface area contributed by atoms with Crippen molar-refractivity contribution < 1.29 is 14.3 Å². The average Bonchev–Trinajstić information content (AvgIpc) is 3.05. The van der Waals surface area contributed by atoms with Crippen LogP contribution in [0, 0.1) is 11.8 Å². The molecule has 0 radical (unpaired) electrons. The molecule has 2 saturated carbocycles. The Labute approximate surface area is 180 Å². The normalized spacial score (nSPS) is 25.3. The SMILES string of the molecule is CCOc1ccc(C2=NN(C3CCCCCC3)C(=O)[C@H]3CCCC[C@@H]23)cc1OCC. The van der Waals surface area contributed by atoms with Crippen LogP contribution in [0.15, 0.2) is 23.3 Å². The Kier molecular flexibility index (Phi) is 6.96. The lowest BCUT2D eigenvalue weighted by molar-refractivity contribution is -0.141. The average molecular weight is 413 g/mol. The van der Waals surface area contributed by atoms with Crippen molar-refractivity contribution in [3.05, 3.63) is 23.8 Å². The van der Waals surface area contributed by atoms with Gasteiger partial charge < -0.3 is 9.47 Å². The van der Waals surface area contributed by atoms with Gasteiger partial charge in [-0.25, -0.2) is 5.01 Å². The van der Waals surface area contributed by atoms with E-state index in [1.807, 2.05) is 24.9 Å². The van der Waals surface area contributed by atoms with Crippen LogP contribution in [0.2, 0.25) is 0 Å². The smallest absolute Gasteiger partial charge is 0.246 e. The summed E-state index contributed by atoms with van der Waals surface area (Å²) in [5, 5.41) is 6.96. The maximum Gasteiger partial charge on any atom is 0.246 e. The monoisotopic (exact) mass is 412 g/mol. The molecular formula is C25H36N2O3. The summed E-state index contributed by atoms with van der Waals surface area (Å²) >= 11 is 0. The lowest BCUT2D eigenvalue weighted by Crippen LogP contribution is -2.49. The van der Waals surface area contributed by atoms with Crippen molar-refractivity contribution in [3.8, 4) is 11.5 Å². The molecule has 3 aliphatic rings. The molecule has 0 N–H and O–H groups in total. The van der Waals surface area contributed by atoms with Crippen LogP contribution in [0.5, 0.6) is 11.5 Å². The molecule has 1 aliphatic heterocycles. The van der Waals surface area contributed by atoms with Gasteiger partial charge in [-0.2, -0.15) is 5.10 Å². The summed E-state index contributed by atoms with van der Waals surface area (Å²) in [7, 11) is 0. The number of ether oxygens (including phenoxy) is 2. The summed E-state index contributed by atoms with van der Waals surface area (Å²) < 4.78 is 11.6. The zero-order valence-electron chi connectivity index (χ0n) is 18.6. The molecule has 0 saturated heterocycles. The molecule has 2 atom stereocenters. The standard InChI is InChI=1S/C25H36N2O3/c1-3-29-22-16-15-18(17-23(22)30-4-2)24-20-13-9-10-14-21(20)25(28)27(26-24)19-11-7-5-6-8-12-19/h15-17,19-21H,3-14H2,1-2H3/t20-,21+/m1/s1. The number of rotatable bonds is 6. The van der Waals surface area contributed by atoms with Crippen molar-refractivity contribution in [1.82, 2.24) is 5.01 Å². The second-order valence-electron chi connectivity index (χ2n) is 8.84. The molecule has 2 aliphatic carbocycles. The van der Waals surface area contributed by atoms with Gasteiger partial charge in [0.15, 0.2) is 11.5 Å². The van der Waals surface area contributed by atoms with Gasteiger partial charge in [0.05, 0.1) is 25.0 Å². The molecule has 0 spiro atoms. The zero-order valence-corrected chi connectivity index (χ0v) is 18.6. The van der Waals surface area contributed by atoms with Crippen LogP contribution in [-0.2, 0) is 4.79 Å². The highest BCUT2D eigenvalue weighted by Gasteiger charge is 2.43. The van der Waals surface area contributed by atoms with Crippen molar-refractivity contribution in [2.24, 2.45) is 16.9 Å². The van der Waals surface area contributed by atoms with Gasteiger partial charge in [0.25, 0.3) is 0 Å². The summed E-state index contributed by atoms with van der Waals surface area (Å²) in [5.41, 5.74) is 2.15. The molecular weight excluding hydrogens is 376 g/mol. The van der Waals surface area contributed by atoms with Gasteiger partial charge in [0.1, 0.15) is 0 Å². The van der Waals surface area contributed by atoms with E-state index in [0.717, 1.165) is 54.9 Å². The Morgan fingerprint density at radius 3 is 2.20 bits per heavy atom. The van der Waals surface area contributed by atoms with Gasteiger partial charge in [0.2, 0.25) is 5.91 Å². The maximum atomic E-state index is 13.4. The summed E-state index contributed by atoms with van der Waals surface area (Å²) in [5.74, 6) is 2.12. The third-order valence-electron chi connectivity index (χ3n) is 6.89. The van der Waals surface area contributed by atoms with Crippen LogP contribution in [0.1, 0.15) is 83.6 Å². The fourth-order valence-electron chi connectivity index (χ4n) is 5.41. The van der Waals surface area contributed by atoms with Crippen LogP contribution in [0.25, 0.3) is 0 Å². The highest BCUT2D eigenvalue weighted by molar-refractivity contribution is 6.07. The number of benzene rings is 1. The van der Waals surface area contributed by atoms with Gasteiger partial charge in [-0.3, -0.25) is 4.79 Å². The van der Waals surface area contributed by atoms with E-state index in [4.69, 9.17) is 14.6 Å². The fourth-order valence-corrected chi connectivity index (χ4v) is 5.41. The van der Waals surface area contributed by atoms with Crippen molar-refractivity contribution in [2.75, 3.05) is 13.2 Å². The Balaban J connectivity index is 1.72. The quantitative estimate of drug-likeness (QED) is 0.575. The van der Waals surface area contributed by atoms with E-state index in [9.17, 15) is 4.79 Å². The van der Waals surface area contributed by atoms with Gasteiger partial charge in [0, 0.05) is 17.4 Å². The summed E-state index contributed by atoms with van der Waals surface area (Å²) in [6.07, 6.45) is 11.5. The van der Waals surface area contributed by atoms with Crippen molar-refractivity contribution in [3.63, 3.8) is 0 Å². The largest absolute Gasteiger partial charge is 0.490 e. The third-order valence-corrected chi connectivity index (χ3v) is 6.89. The lowest BCUT2D eigenvalue weighted by atomic mass is 9.73. The third kappa shape index (κ3) is 4.35. The Hall–Kier alpha value is -2.04. The second-order valence-corrected chi connectivity index (χ2v) is 8.84. The van der Waals surface area contributed by atoms with E-state index < -0.39 is 0 Å². The summed E-state index contributed by atoms with van der Waals surface area (Å²) in [6.45, 7) is 5.17. The van der Waals surface area contributed by atoms with Crippen molar-refractivity contribution in [2.45, 2.75) is 84.1 Å². The molecule has 1 amide bonds.